The number of benzene rings is 2. The van der Waals surface area contributed by atoms with Crippen molar-refractivity contribution in [3.05, 3.63) is 64.7 Å². The van der Waals surface area contributed by atoms with Crippen molar-refractivity contribution < 1.29 is 9.53 Å². The molecule has 2 aromatic rings. The van der Waals surface area contributed by atoms with Crippen molar-refractivity contribution in [3.63, 3.8) is 0 Å². The van der Waals surface area contributed by atoms with E-state index in [2.05, 4.69) is 11.4 Å². The van der Waals surface area contributed by atoms with E-state index in [9.17, 15) is 4.79 Å². The van der Waals surface area contributed by atoms with Crippen LogP contribution in [-0.4, -0.2) is 12.5 Å². The van der Waals surface area contributed by atoms with Crippen LogP contribution in [0, 0.1) is 11.3 Å². The molecule has 0 aliphatic rings. The summed E-state index contributed by atoms with van der Waals surface area (Å²) in [6, 6.07) is 16.9. The molecule has 0 aliphatic heterocycles. The molecule has 0 aliphatic carbocycles. The summed E-state index contributed by atoms with van der Waals surface area (Å²) >= 11 is 5.98. The van der Waals surface area contributed by atoms with Crippen LogP contribution < -0.4 is 10.1 Å². The molecule has 0 saturated heterocycles. The predicted octanol–water partition coefficient (Wildman–Crippen LogP) is 4.62. The number of carbonyl (C=O) groups is 1. The Kier molecular flexibility index (Phi) is 7.06. The molecular weight excluding hydrogens is 348 g/mol. The van der Waals surface area contributed by atoms with Crippen LogP contribution in [0.15, 0.2) is 48.5 Å². The molecule has 26 heavy (non-hydrogen) atoms. The SMILES string of the molecule is CCC(CC)(NC(=O)COc1ccc(CC#N)cc1)c1ccc(Cl)cc1. The Bertz CT molecular complexity index is 760. The Morgan fingerprint density at radius 2 is 1.73 bits per heavy atom. The summed E-state index contributed by atoms with van der Waals surface area (Å²) in [4.78, 5) is 12.5. The van der Waals surface area contributed by atoms with Crippen molar-refractivity contribution >= 4 is 17.5 Å². The van der Waals surface area contributed by atoms with Gasteiger partial charge in [0.15, 0.2) is 6.61 Å². The van der Waals surface area contributed by atoms with Crippen LogP contribution in [0.25, 0.3) is 0 Å². The normalized spacial score (nSPS) is 10.8. The highest BCUT2D eigenvalue weighted by Crippen LogP contribution is 2.29. The topological polar surface area (TPSA) is 62.1 Å². The van der Waals surface area contributed by atoms with Gasteiger partial charge >= 0.3 is 0 Å². The average Bonchev–Trinajstić information content (AvgIpc) is 2.66. The van der Waals surface area contributed by atoms with E-state index in [1.807, 2.05) is 50.2 Å². The van der Waals surface area contributed by atoms with E-state index in [0.717, 1.165) is 24.0 Å². The number of amides is 1. The van der Waals surface area contributed by atoms with Gasteiger partial charge in [-0.3, -0.25) is 4.79 Å². The van der Waals surface area contributed by atoms with Crippen molar-refractivity contribution in [3.8, 4) is 11.8 Å². The Balaban J connectivity index is 2.01. The molecule has 4 nitrogen and oxygen atoms in total. The fourth-order valence-electron chi connectivity index (χ4n) is 2.92. The molecule has 5 heteroatoms. The second-order valence-electron chi connectivity index (χ2n) is 6.11. The summed E-state index contributed by atoms with van der Waals surface area (Å²) in [7, 11) is 0. The van der Waals surface area contributed by atoms with Crippen LogP contribution in [0.5, 0.6) is 5.75 Å². The van der Waals surface area contributed by atoms with Gasteiger partial charge in [0.05, 0.1) is 18.0 Å². The average molecular weight is 371 g/mol. The zero-order valence-corrected chi connectivity index (χ0v) is 15.8. The number of nitriles is 1. The van der Waals surface area contributed by atoms with Gasteiger partial charge < -0.3 is 10.1 Å². The van der Waals surface area contributed by atoms with E-state index in [-0.39, 0.29) is 12.5 Å². The Labute approximate surface area is 159 Å². The molecule has 0 radical (unpaired) electrons. The number of ether oxygens (including phenoxy) is 1. The second-order valence-corrected chi connectivity index (χ2v) is 6.55. The van der Waals surface area contributed by atoms with Crippen LogP contribution in [0.1, 0.15) is 37.8 Å². The molecule has 0 unspecified atom stereocenters. The lowest BCUT2D eigenvalue weighted by Gasteiger charge is -2.33. The molecule has 0 spiro atoms. The lowest BCUT2D eigenvalue weighted by molar-refractivity contribution is -0.125. The minimum absolute atomic E-state index is 0.0626. The van der Waals surface area contributed by atoms with Gasteiger partial charge in [0.25, 0.3) is 5.91 Å². The summed E-state index contributed by atoms with van der Waals surface area (Å²) in [6.07, 6.45) is 1.89. The lowest BCUT2D eigenvalue weighted by atomic mass is 9.84. The Morgan fingerprint density at radius 3 is 2.27 bits per heavy atom. The Morgan fingerprint density at radius 1 is 1.12 bits per heavy atom. The first-order valence-electron chi connectivity index (χ1n) is 8.68. The Hall–Kier alpha value is -2.51. The fraction of sp³-hybridized carbons (Fsp3) is 0.333. The summed E-state index contributed by atoms with van der Waals surface area (Å²) in [5.74, 6) is 0.427. The van der Waals surface area contributed by atoms with Gasteiger partial charge in [-0.15, -0.1) is 0 Å². The van der Waals surface area contributed by atoms with Crippen molar-refractivity contribution in [2.75, 3.05) is 6.61 Å². The quantitative estimate of drug-likeness (QED) is 0.737. The first-order chi connectivity index (χ1) is 12.5. The largest absolute Gasteiger partial charge is 0.484 e. The third-order valence-electron chi connectivity index (χ3n) is 4.56. The van der Waals surface area contributed by atoms with E-state index in [1.165, 1.54) is 0 Å². The highest BCUT2D eigenvalue weighted by Gasteiger charge is 2.30. The van der Waals surface area contributed by atoms with Crippen LogP contribution in [-0.2, 0) is 16.8 Å². The minimum atomic E-state index is -0.443. The monoisotopic (exact) mass is 370 g/mol. The van der Waals surface area contributed by atoms with Crippen LogP contribution >= 0.6 is 11.6 Å². The number of carbonyl (C=O) groups excluding carboxylic acids is 1. The molecule has 0 saturated carbocycles. The van der Waals surface area contributed by atoms with E-state index in [0.29, 0.717) is 17.2 Å². The third kappa shape index (κ3) is 5.00. The molecule has 0 fully saturated rings. The van der Waals surface area contributed by atoms with Gasteiger partial charge in [-0.05, 0) is 48.2 Å². The van der Waals surface area contributed by atoms with E-state index >= 15 is 0 Å². The van der Waals surface area contributed by atoms with Crippen LogP contribution in [0.2, 0.25) is 5.02 Å². The summed E-state index contributed by atoms with van der Waals surface area (Å²) in [5, 5.41) is 12.5. The van der Waals surface area contributed by atoms with Crippen molar-refractivity contribution in [1.82, 2.24) is 5.32 Å². The van der Waals surface area contributed by atoms with Crippen LogP contribution in [0.4, 0.5) is 0 Å². The third-order valence-corrected chi connectivity index (χ3v) is 4.81. The summed E-state index contributed by atoms with van der Waals surface area (Å²) in [5.41, 5.74) is 1.51. The molecule has 2 rings (SSSR count). The maximum atomic E-state index is 12.5. The maximum Gasteiger partial charge on any atom is 0.258 e. The number of halogens is 1. The standard InChI is InChI=1S/C21H23ClN2O2/c1-3-21(4-2,17-7-9-18(22)10-8-17)24-20(25)15-26-19-11-5-16(6-12-19)13-14-23/h5-12H,3-4,13,15H2,1-2H3,(H,24,25). The molecule has 0 bridgehead atoms. The zero-order chi connectivity index (χ0) is 19.0. The van der Waals surface area contributed by atoms with Gasteiger partial charge in [-0.2, -0.15) is 5.26 Å². The first-order valence-corrected chi connectivity index (χ1v) is 9.06. The van der Waals surface area contributed by atoms with E-state index in [4.69, 9.17) is 21.6 Å². The number of hydrogen-bond acceptors (Lipinski definition) is 3. The van der Waals surface area contributed by atoms with Crippen molar-refractivity contribution in [2.45, 2.75) is 38.6 Å². The molecular formula is C21H23ClN2O2. The predicted molar refractivity (Wildman–Crippen MR) is 103 cm³/mol. The van der Waals surface area contributed by atoms with Gasteiger partial charge in [-0.1, -0.05) is 49.7 Å². The molecule has 1 N–H and O–H groups in total. The highest BCUT2D eigenvalue weighted by atomic mass is 35.5. The molecule has 0 heterocycles. The molecule has 136 valence electrons. The number of nitrogens with one attached hydrogen (secondary N) is 1. The van der Waals surface area contributed by atoms with Crippen molar-refractivity contribution in [2.24, 2.45) is 0 Å². The first kappa shape index (κ1) is 19.8. The summed E-state index contributed by atoms with van der Waals surface area (Å²) in [6.45, 7) is 4.03. The molecule has 2 aromatic carbocycles. The number of nitrogens with zero attached hydrogens (tertiary/aromatic N) is 1. The van der Waals surface area contributed by atoms with Gasteiger partial charge in [-0.25, -0.2) is 0 Å². The molecule has 1 amide bonds. The van der Waals surface area contributed by atoms with Gasteiger partial charge in [0.1, 0.15) is 5.75 Å². The number of rotatable bonds is 8. The maximum absolute atomic E-state index is 12.5. The minimum Gasteiger partial charge on any atom is -0.484 e. The summed E-state index contributed by atoms with van der Waals surface area (Å²) < 4.78 is 5.57. The lowest BCUT2D eigenvalue weighted by Crippen LogP contribution is -2.46. The zero-order valence-electron chi connectivity index (χ0n) is 15.1. The number of hydrogen-bond donors (Lipinski definition) is 1. The fourth-order valence-corrected chi connectivity index (χ4v) is 3.05. The molecule has 0 aromatic heterocycles. The van der Waals surface area contributed by atoms with Crippen LogP contribution in [0.3, 0.4) is 0 Å². The second kappa shape index (κ2) is 9.26. The van der Waals surface area contributed by atoms with E-state index < -0.39 is 5.54 Å². The van der Waals surface area contributed by atoms with Crippen molar-refractivity contribution in [1.29, 1.82) is 5.26 Å². The van der Waals surface area contributed by atoms with Gasteiger partial charge in [0, 0.05) is 5.02 Å². The smallest absolute Gasteiger partial charge is 0.258 e. The molecule has 0 atom stereocenters. The van der Waals surface area contributed by atoms with E-state index in [1.54, 1.807) is 12.1 Å². The van der Waals surface area contributed by atoms with Gasteiger partial charge in [0.2, 0.25) is 0 Å². The highest BCUT2D eigenvalue weighted by molar-refractivity contribution is 6.30.